The van der Waals surface area contributed by atoms with Crippen LogP contribution in [0.3, 0.4) is 0 Å². The van der Waals surface area contributed by atoms with Crippen molar-refractivity contribution in [2.45, 2.75) is 0 Å². The van der Waals surface area contributed by atoms with E-state index in [1.54, 1.807) is 12.4 Å². The number of nitrogens with one attached hydrogen (secondary N) is 1. The van der Waals surface area contributed by atoms with Crippen molar-refractivity contribution in [3.63, 3.8) is 0 Å². The number of anilines is 1. The molecule has 0 amide bonds. The molecule has 0 saturated heterocycles. The molecule has 74 valence electrons. The second-order valence-electron chi connectivity index (χ2n) is 3.18. The van der Waals surface area contributed by atoms with Gasteiger partial charge in [-0.15, -0.1) is 5.10 Å². The van der Waals surface area contributed by atoms with Crippen molar-refractivity contribution in [2.75, 3.05) is 5.73 Å². The maximum absolute atomic E-state index is 5.91. The lowest BCUT2D eigenvalue weighted by Gasteiger charge is -1.99. The van der Waals surface area contributed by atoms with Gasteiger partial charge in [0.25, 0.3) is 0 Å². The summed E-state index contributed by atoms with van der Waals surface area (Å²) < 4.78 is 3.82. The van der Waals surface area contributed by atoms with Crippen molar-refractivity contribution in [1.29, 1.82) is 0 Å². The Bertz CT molecular complexity index is 598. The van der Waals surface area contributed by atoms with Crippen molar-refractivity contribution in [1.82, 2.24) is 19.8 Å². The molecule has 0 aliphatic rings. The van der Waals surface area contributed by atoms with Crippen molar-refractivity contribution >= 4 is 28.1 Å². The van der Waals surface area contributed by atoms with Gasteiger partial charge in [-0.2, -0.15) is 5.10 Å². The molecule has 0 spiro atoms. The van der Waals surface area contributed by atoms with E-state index in [4.69, 9.17) is 5.73 Å². The highest BCUT2D eigenvalue weighted by Crippen LogP contribution is 2.29. The molecule has 3 rings (SSSR count). The Morgan fingerprint density at radius 1 is 1.27 bits per heavy atom. The van der Waals surface area contributed by atoms with Gasteiger partial charge in [0.2, 0.25) is 0 Å². The molecule has 0 unspecified atom stereocenters. The monoisotopic (exact) mass is 217 g/mol. The highest BCUT2D eigenvalue weighted by molar-refractivity contribution is 7.09. The molecule has 6 heteroatoms. The zero-order valence-electron chi connectivity index (χ0n) is 7.64. The SMILES string of the molecule is Nc1cc(-c2cnns2)cc2[nH]ncc12. The van der Waals surface area contributed by atoms with Crippen LogP contribution >= 0.6 is 11.5 Å². The van der Waals surface area contributed by atoms with Crippen LogP contribution in [0.1, 0.15) is 0 Å². The zero-order valence-corrected chi connectivity index (χ0v) is 8.45. The van der Waals surface area contributed by atoms with Crippen LogP contribution in [0.4, 0.5) is 5.69 Å². The molecule has 3 aromatic rings. The molecule has 0 atom stereocenters. The first-order chi connectivity index (χ1) is 7.34. The summed E-state index contributed by atoms with van der Waals surface area (Å²) in [5.74, 6) is 0. The van der Waals surface area contributed by atoms with Gasteiger partial charge in [-0.05, 0) is 29.2 Å². The third kappa shape index (κ3) is 1.26. The first-order valence-electron chi connectivity index (χ1n) is 4.35. The van der Waals surface area contributed by atoms with E-state index in [2.05, 4.69) is 19.8 Å². The molecular weight excluding hydrogens is 210 g/mol. The van der Waals surface area contributed by atoms with Gasteiger partial charge >= 0.3 is 0 Å². The first-order valence-corrected chi connectivity index (χ1v) is 5.12. The second kappa shape index (κ2) is 3.03. The molecule has 0 saturated carbocycles. The number of rotatable bonds is 1. The van der Waals surface area contributed by atoms with Gasteiger partial charge in [-0.1, -0.05) is 4.49 Å². The Kier molecular flexibility index (Phi) is 1.69. The van der Waals surface area contributed by atoms with Crippen molar-refractivity contribution in [3.05, 3.63) is 24.5 Å². The highest BCUT2D eigenvalue weighted by Gasteiger charge is 2.06. The molecule has 15 heavy (non-hydrogen) atoms. The van der Waals surface area contributed by atoms with Crippen LogP contribution in [0, 0.1) is 0 Å². The number of nitrogen functional groups attached to an aromatic ring is 1. The first kappa shape index (κ1) is 8.37. The summed E-state index contributed by atoms with van der Waals surface area (Å²) in [5, 5.41) is 11.6. The average Bonchev–Trinajstić information content (AvgIpc) is 2.88. The molecule has 0 aliphatic heterocycles. The number of aromatic amines is 1. The Labute approximate surface area is 89.1 Å². The number of fused-ring (bicyclic) bond motifs is 1. The minimum Gasteiger partial charge on any atom is -0.398 e. The van der Waals surface area contributed by atoms with E-state index in [0.29, 0.717) is 5.69 Å². The number of hydrogen-bond donors (Lipinski definition) is 2. The van der Waals surface area contributed by atoms with Gasteiger partial charge < -0.3 is 5.73 Å². The minimum absolute atomic E-state index is 0.713. The Morgan fingerprint density at radius 2 is 2.20 bits per heavy atom. The van der Waals surface area contributed by atoms with Crippen LogP contribution in [0.25, 0.3) is 21.3 Å². The van der Waals surface area contributed by atoms with E-state index in [1.165, 1.54) is 11.5 Å². The van der Waals surface area contributed by atoms with Crippen molar-refractivity contribution in [3.8, 4) is 10.4 Å². The van der Waals surface area contributed by atoms with Crippen molar-refractivity contribution in [2.24, 2.45) is 0 Å². The van der Waals surface area contributed by atoms with Gasteiger partial charge in [0.1, 0.15) is 0 Å². The quantitative estimate of drug-likeness (QED) is 0.607. The van der Waals surface area contributed by atoms with Gasteiger partial charge in [-0.25, -0.2) is 0 Å². The lowest BCUT2D eigenvalue weighted by Crippen LogP contribution is -1.86. The predicted molar refractivity (Wildman–Crippen MR) is 59.4 cm³/mol. The number of nitrogens with two attached hydrogens (primary N) is 1. The Morgan fingerprint density at radius 3 is 3.00 bits per heavy atom. The number of hydrogen-bond acceptors (Lipinski definition) is 5. The van der Waals surface area contributed by atoms with E-state index < -0.39 is 0 Å². The summed E-state index contributed by atoms with van der Waals surface area (Å²) in [6.07, 6.45) is 3.45. The van der Waals surface area contributed by atoms with Gasteiger partial charge in [-0.3, -0.25) is 5.10 Å². The van der Waals surface area contributed by atoms with Gasteiger partial charge in [0, 0.05) is 11.1 Å². The summed E-state index contributed by atoms with van der Waals surface area (Å²) in [5.41, 5.74) is 8.57. The maximum Gasteiger partial charge on any atom is 0.0755 e. The number of benzene rings is 1. The highest BCUT2D eigenvalue weighted by atomic mass is 32.1. The van der Waals surface area contributed by atoms with E-state index >= 15 is 0 Å². The fourth-order valence-corrected chi connectivity index (χ4v) is 2.02. The molecule has 0 aliphatic carbocycles. The normalized spacial score (nSPS) is 10.9. The van der Waals surface area contributed by atoms with E-state index in [1.807, 2.05) is 12.1 Å². The average molecular weight is 217 g/mol. The van der Waals surface area contributed by atoms with Crippen LogP contribution < -0.4 is 5.73 Å². The number of nitrogens with zero attached hydrogens (tertiary/aromatic N) is 3. The summed E-state index contributed by atoms with van der Waals surface area (Å²) in [4.78, 5) is 0.998. The number of H-pyrrole nitrogens is 1. The van der Waals surface area contributed by atoms with Crippen LogP contribution in [-0.4, -0.2) is 19.8 Å². The standard InChI is InChI=1S/C9H7N5S/c10-7-1-5(9-4-12-14-15-9)2-8-6(7)3-11-13-8/h1-4H,10H2,(H,11,13). The summed E-state index contributed by atoms with van der Waals surface area (Å²) in [7, 11) is 0. The second-order valence-corrected chi connectivity index (χ2v) is 3.96. The molecule has 5 nitrogen and oxygen atoms in total. The van der Waals surface area contributed by atoms with Gasteiger partial charge in [0.15, 0.2) is 0 Å². The predicted octanol–water partition coefficient (Wildman–Crippen LogP) is 1.66. The molecule has 1 aromatic carbocycles. The van der Waals surface area contributed by atoms with E-state index in [0.717, 1.165) is 21.3 Å². The molecule has 2 aromatic heterocycles. The maximum atomic E-state index is 5.91. The molecule has 0 radical (unpaired) electrons. The van der Waals surface area contributed by atoms with Crippen LogP contribution in [0.5, 0.6) is 0 Å². The lowest BCUT2D eigenvalue weighted by atomic mass is 10.1. The number of aromatic nitrogens is 4. The molecule has 0 bridgehead atoms. The van der Waals surface area contributed by atoms with Gasteiger partial charge in [0.05, 0.1) is 22.8 Å². The summed E-state index contributed by atoms with van der Waals surface area (Å²) in [6.45, 7) is 0. The third-order valence-electron chi connectivity index (χ3n) is 2.24. The Hall–Kier alpha value is -1.95. The molecular formula is C9H7N5S. The summed E-state index contributed by atoms with van der Waals surface area (Å²) >= 11 is 1.34. The fourth-order valence-electron chi connectivity index (χ4n) is 1.52. The topological polar surface area (TPSA) is 80.5 Å². The summed E-state index contributed by atoms with van der Waals surface area (Å²) in [6, 6.07) is 3.90. The lowest BCUT2D eigenvalue weighted by molar-refractivity contribution is 1.12. The Balaban J connectivity index is 2.29. The van der Waals surface area contributed by atoms with Crippen LogP contribution in [-0.2, 0) is 0 Å². The largest absolute Gasteiger partial charge is 0.398 e. The smallest absolute Gasteiger partial charge is 0.0755 e. The third-order valence-corrected chi connectivity index (χ3v) is 2.95. The van der Waals surface area contributed by atoms with Crippen LogP contribution in [0.15, 0.2) is 24.5 Å². The van der Waals surface area contributed by atoms with E-state index in [-0.39, 0.29) is 0 Å². The molecule has 2 heterocycles. The zero-order chi connectivity index (χ0) is 10.3. The van der Waals surface area contributed by atoms with Crippen LogP contribution in [0.2, 0.25) is 0 Å². The molecule has 0 fully saturated rings. The van der Waals surface area contributed by atoms with E-state index in [9.17, 15) is 0 Å². The fraction of sp³-hybridized carbons (Fsp3) is 0. The van der Waals surface area contributed by atoms with Crippen molar-refractivity contribution < 1.29 is 0 Å². The molecule has 3 N–H and O–H groups in total. The minimum atomic E-state index is 0.713.